The lowest BCUT2D eigenvalue weighted by Crippen LogP contribution is -2.40. The molecular weight excluding hydrogens is 220 g/mol. The van der Waals surface area contributed by atoms with Crippen LogP contribution in [0.3, 0.4) is 0 Å². The van der Waals surface area contributed by atoms with Gasteiger partial charge in [-0.1, -0.05) is 0 Å². The summed E-state index contributed by atoms with van der Waals surface area (Å²) < 4.78 is 0. The molecule has 3 rings (SSSR count). The van der Waals surface area contributed by atoms with E-state index in [9.17, 15) is 5.11 Å². The summed E-state index contributed by atoms with van der Waals surface area (Å²) in [4.78, 5) is 4.63. The zero-order chi connectivity index (χ0) is 11.0. The number of aromatic nitrogens is 1. The zero-order valence-electron chi connectivity index (χ0n) is 8.68. The topological polar surface area (TPSA) is 45.2 Å². The third kappa shape index (κ3) is 1.70. The Balaban J connectivity index is 1.88. The fraction of sp³-hybridized carbons (Fsp3) is 0.250. The van der Waals surface area contributed by atoms with Crippen molar-refractivity contribution in [2.24, 2.45) is 0 Å². The van der Waals surface area contributed by atoms with Crippen LogP contribution in [0.25, 0.3) is 10.6 Å². The van der Waals surface area contributed by atoms with E-state index in [1.807, 2.05) is 12.1 Å². The summed E-state index contributed by atoms with van der Waals surface area (Å²) in [5, 5.41) is 15.6. The van der Waals surface area contributed by atoms with Gasteiger partial charge in [-0.3, -0.25) is 0 Å². The molecule has 3 nitrogen and oxygen atoms in total. The van der Waals surface area contributed by atoms with Gasteiger partial charge in [0.05, 0.1) is 5.69 Å². The molecule has 2 N–H and O–H groups in total. The highest BCUT2D eigenvalue weighted by atomic mass is 32.1. The SMILES string of the molecule is Oc1ccc(-c2nc(C3CNC3)cs2)cc1. The minimum absolute atomic E-state index is 0.295. The molecular formula is C12H12N2OS. The van der Waals surface area contributed by atoms with E-state index in [0.717, 1.165) is 23.7 Å². The Kier molecular flexibility index (Phi) is 2.38. The molecule has 1 aromatic heterocycles. The van der Waals surface area contributed by atoms with Gasteiger partial charge in [-0.15, -0.1) is 11.3 Å². The van der Waals surface area contributed by atoms with Gasteiger partial charge in [0.25, 0.3) is 0 Å². The quantitative estimate of drug-likeness (QED) is 0.834. The standard InChI is InChI=1S/C12H12N2OS/c15-10-3-1-8(2-4-10)12-14-11(7-16-12)9-5-13-6-9/h1-4,7,9,13,15H,5-6H2. The van der Waals surface area contributed by atoms with Crippen LogP contribution in [0.15, 0.2) is 29.6 Å². The molecule has 0 aliphatic carbocycles. The number of benzene rings is 1. The average Bonchev–Trinajstić information content (AvgIpc) is 2.65. The molecule has 1 fully saturated rings. The van der Waals surface area contributed by atoms with Crippen molar-refractivity contribution in [1.82, 2.24) is 10.3 Å². The Hall–Kier alpha value is -1.39. The molecule has 0 amide bonds. The molecule has 0 unspecified atom stereocenters. The summed E-state index contributed by atoms with van der Waals surface area (Å²) in [6.07, 6.45) is 0. The number of hydrogen-bond acceptors (Lipinski definition) is 4. The van der Waals surface area contributed by atoms with Gasteiger partial charge in [-0.05, 0) is 24.3 Å². The summed E-state index contributed by atoms with van der Waals surface area (Å²) in [7, 11) is 0. The van der Waals surface area contributed by atoms with E-state index in [2.05, 4.69) is 15.7 Å². The fourth-order valence-corrected chi connectivity index (χ4v) is 2.62. The van der Waals surface area contributed by atoms with Gasteiger partial charge in [0.2, 0.25) is 0 Å². The summed E-state index contributed by atoms with van der Waals surface area (Å²) >= 11 is 1.67. The van der Waals surface area contributed by atoms with Gasteiger partial charge in [0, 0.05) is 30.0 Å². The maximum Gasteiger partial charge on any atom is 0.123 e. The van der Waals surface area contributed by atoms with E-state index in [1.54, 1.807) is 23.5 Å². The molecule has 1 aromatic carbocycles. The molecule has 0 saturated carbocycles. The van der Waals surface area contributed by atoms with Gasteiger partial charge in [0.1, 0.15) is 10.8 Å². The van der Waals surface area contributed by atoms with E-state index in [1.165, 1.54) is 5.69 Å². The Morgan fingerprint density at radius 1 is 1.25 bits per heavy atom. The minimum Gasteiger partial charge on any atom is -0.508 e. The molecule has 2 aromatic rings. The number of nitrogens with zero attached hydrogens (tertiary/aromatic N) is 1. The predicted octanol–water partition coefficient (Wildman–Crippen LogP) is 2.20. The second-order valence-electron chi connectivity index (χ2n) is 3.98. The highest BCUT2D eigenvalue weighted by Crippen LogP contribution is 2.29. The molecule has 4 heteroatoms. The highest BCUT2D eigenvalue weighted by Gasteiger charge is 2.21. The molecule has 0 bridgehead atoms. The lowest BCUT2D eigenvalue weighted by Gasteiger charge is -2.25. The number of phenolic OH excluding ortho intramolecular Hbond substituents is 1. The molecule has 16 heavy (non-hydrogen) atoms. The normalized spacial score (nSPS) is 16.0. The lowest BCUT2D eigenvalue weighted by molar-refractivity contribution is 0.441. The first-order valence-electron chi connectivity index (χ1n) is 5.28. The van der Waals surface area contributed by atoms with Crippen LogP contribution < -0.4 is 5.32 Å². The van der Waals surface area contributed by atoms with Crippen molar-refractivity contribution >= 4 is 11.3 Å². The van der Waals surface area contributed by atoms with Crippen LogP contribution in [-0.4, -0.2) is 23.2 Å². The number of thiazole rings is 1. The predicted molar refractivity (Wildman–Crippen MR) is 64.8 cm³/mol. The van der Waals surface area contributed by atoms with E-state index >= 15 is 0 Å². The third-order valence-corrected chi connectivity index (χ3v) is 3.75. The Labute approximate surface area is 97.8 Å². The van der Waals surface area contributed by atoms with Gasteiger partial charge in [0.15, 0.2) is 0 Å². The number of rotatable bonds is 2. The Morgan fingerprint density at radius 3 is 2.62 bits per heavy atom. The van der Waals surface area contributed by atoms with E-state index < -0.39 is 0 Å². The number of phenols is 1. The van der Waals surface area contributed by atoms with Crippen molar-refractivity contribution in [3.05, 3.63) is 35.3 Å². The average molecular weight is 232 g/mol. The van der Waals surface area contributed by atoms with Crippen molar-refractivity contribution in [2.45, 2.75) is 5.92 Å². The maximum atomic E-state index is 9.22. The molecule has 0 spiro atoms. The summed E-state index contributed by atoms with van der Waals surface area (Å²) in [5.74, 6) is 0.880. The molecule has 82 valence electrons. The molecule has 0 radical (unpaired) electrons. The summed E-state index contributed by atoms with van der Waals surface area (Å²) in [5.41, 5.74) is 2.26. The second kappa shape index (κ2) is 3.88. The van der Waals surface area contributed by atoms with Crippen molar-refractivity contribution in [1.29, 1.82) is 0 Å². The monoisotopic (exact) mass is 232 g/mol. The summed E-state index contributed by atoms with van der Waals surface area (Å²) in [6.45, 7) is 2.08. The largest absolute Gasteiger partial charge is 0.508 e. The Bertz CT molecular complexity index is 488. The van der Waals surface area contributed by atoms with Gasteiger partial charge >= 0.3 is 0 Å². The van der Waals surface area contributed by atoms with Crippen LogP contribution in [0.1, 0.15) is 11.6 Å². The molecule has 1 aliphatic rings. The van der Waals surface area contributed by atoms with E-state index in [4.69, 9.17) is 0 Å². The zero-order valence-corrected chi connectivity index (χ0v) is 9.50. The highest BCUT2D eigenvalue weighted by molar-refractivity contribution is 7.13. The molecule has 2 heterocycles. The fourth-order valence-electron chi connectivity index (χ4n) is 1.71. The smallest absolute Gasteiger partial charge is 0.123 e. The molecule has 1 saturated heterocycles. The van der Waals surface area contributed by atoms with Gasteiger partial charge < -0.3 is 10.4 Å². The van der Waals surface area contributed by atoms with E-state index in [-0.39, 0.29) is 0 Å². The van der Waals surface area contributed by atoms with Gasteiger partial charge in [-0.25, -0.2) is 4.98 Å². The van der Waals surface area contributed by atoms with Crippen molar-refractivity contribution in [3.8, 4) is 16.3 Å². The van der Waals surface area contributed by atoms with Crippen molar-refractivity contribution < 1.29 is 5.11 Å². The molecule has 0 atom stereocenters. The van der Waals surface area contributed by atoms with Crippen molar-refractivity contribution in [2.75, 3.05) is 13.1 Å². The number of aromatic hydroxyl groups is 1. The van der Waals surface area contributed by atoms with Crippen LogP contribution in [0.2, 0.25) is 0 Å². The maximum absolute atomic E-state index is 9.22. The number of nitrogens with one attached hydrogen (secondary N) is 1. The lowest BCUT2D eigenvalue weighted by atomic mass is 10.0. The van der Waals surface area contributed by atoms with E-state index in [0.29, 0.717) is 11.7 Å². The first-order valence-corrected chi connectivity index (χ1v) is 6.16. The number of hydrogen-bond donors (Lipinski definition) is 2. The van der Waals surface area contributed by atoms with Crippen LogP contribution >= 0.6 is 11.3 Å². The van der Waals surface area contributed by atoms with Crippen LogP contribution in [0.5, 0.6) is 5.75 Å². The Morgan fingerprint density at radius 2 is 2.00 bits per heavy atom. The summed E-state index contributed by atoms with van der Waals surface area (Å²) in [6, 6.07) is 7.19. The third-order valence-electron chi connectivity index (χ3n) is 2.84. The van der Waals surface area contributed by atoms with Crippen LogP contribution in [0, 0.1) is 0 Å². The van der Waals surface area contributed by atoms with Gasteiger partial charge in [-0.2, -0.15) is 0 Å². The van der Waals surface area contributed by atoms with Crippen LogP contribution in [-0.2, 0) is 0 Å². The minimum atomic E-state index is 0.295. The van der Waals surface area contributed by atoms with Crippen molar-refractivity contribution in [3.63, 3.8) is 0 Å². The second-order valence-corrected chi connectivity index (χ2v) is 4.84. The first kappa shape index (κ1) is 9.81. The first-order chi connectivity index (χ1) is 7.83. The molecule has 1 aliphatic heterocycles. The van der Waals surface area contributed by atoms with Crippen LogP contribution in [0.4, 0.5) is 0 Å².